The second-order valence-corrected chi connectivity index (χ2v) is 7.52. The van der Waals surface area contributed by atoms with E-state index in [-0.39, 0.29) is 23.8 Å². The van der Waals surface area contributed by atoms with Gasteiger partial charge in [0.15, 0.2) is 0 Å². The molecule has 1 aliphatic carbocycles. The summed E-state index contributed by atoms with van der Waals surface area (Å²) in [6.45, 7) is 1.99. The number of carbonyl (C=O) groups excluding carboxylic acids is 2. The number of thiophene rings is 1. The van der Waals surface area contributed by atoms with Crippen LogP contribution in [0.4, 0.5) is 9.18 Å². The van der Waals surface area contributed by atoms with Crippen LogP contribution in [0.2, 0.25) is 0 Å². The van der Waals surface area contributed by atoms with Crippen LogP contribution in [0.25, 0.3) is 0 Å². The third-order valence-electron chi connectivity index (χ3n) is 5.02. The van der Waals surface area contributed by atoms with Gasteiger partial charge in [0.2, 0.25) is 0 Å². The fraction of sp³-hybridized carbons (Fsp3) is 0.368. The largest absolute Gasteiger partial charge is 0.335 e. The number of halogens is 1. The molecular formula is C19H20FN3O2S. The van der Waals surface area contributed by atoms with Crippen molar-refractivity contribution in [3.05, 3.63) is 58.0 Å². The van der Waals surface area contributed by atoms with Crippen molar-refractivity contribution in [3.63, 3.8) is 0 Å². The lowest BCUT2D eigenvalue weighted by atomic mass is 10.2. The Morgan fingerprint density at radius 1 is 1.04 bits per heavy atom. The van der Waals surface area contributed by atoms with Gasteiger partial charge in [0.25, 0.3) is 5.91 Å². The zero-order chi connectivity index (χ0) is 18.1. The van der Waals surface area contributed by atoms with Gasteiger partial charge in [-0.2, -0.15) is 11.3 Å². The van der Waals surface area contributed by atoms with Crippen LogP contribution in [-0.4, -0.2) is 54.0 Å². The van der Waals surface area contributed by atoms with Crippen molar-refractivity contribution in [2.75, 3.05) is 26.2 Å². The van der Waals surface area contributed by atoms with E-state index in [0.29, 0.717) is 37.7 Å². The van der Waals surface area contributed by atoms with E-state index in [1.54, 1.807) is 21.1 Å². The number of hydrogen-bond acceptors (Lipinski definition) is 3. The average Bonchev–Trinajstić information content (AvgIpc) is 3.20. The van der Waals surface area contributed by atoms with Gasteiger partial charge in [0.1, 0.15) is 5.82 Å². The van der Waals surface area contributed by atoms with Gasteiger partial charge in [-0.3, -0.25) is 4.79 Å². The molecule has 7 heteroatoms. The Labute approximate surface area is 155 Å². The number of rotatable bonds is 3. The summed E-state index contributed by atoms with van der Waals surface area (Å²) in [5.74, 6) is -0.0415. The molecule has 0 radical (unpaired) electrons. The van der Waals surface area contributed by atoms with Gasteiger partial charge in [0, 0.05) is 43.7 Å². The SMILES string of the molecule is O=C(N[C@@H]1C[C@H]1c1ccsc1)N1CCN(C(=O)c2ccc(F)cc2)CC1. The highest BCUT2D eigenvalue weighted by atomic mass is 32.1. The lowest BCUT2D eigenvalue weighted by molar-refractivity contribution is 0.0664. The van der Waals surface area contributed by atoms with E-state index in [4.69, 9.17) is 0 Å². The number of nitrogens with zero attached hydrogens (tertiary/aromatic N) is 2. The number of amides is 3. The fourth-order valence-electron chi connectivity index (χ4n) is 3.35. The Morgan fingerprint density at radius 3 is 2.38 bits per heavy atom. The predicted octanol–water partition coefficient (Wildman–Crippen LogP) is 2.91. The molecule has 1 saturated carbocycles. The van der Waals surface area contributed by atoms with Crippen LogP contribution in [0.3, 0.4) is 0 Å². The molecule has 2 fully saturated rings. The molecule has 3 amide bonds. The first-order valence-electron chi connectivity index (χ1n) is 8.74. The lowest BCUT2D eigenvalue weighted by Gasteiger charge is -2.34. The van der Waals surface area contributed by atoms with E-state index in [9.17, 15) is 14.0 Å². The molecule has 1 aromatic heterocycles. The molecule has 2 aromatic rings. The molecule has 2 atom stereocenters. The zero-order valence-electron chi connectivity index (χ0n) is 14.2. The molecule has 4 rings (SSSR count). The van der Waals surface area contributed by atoms with Crippen molar-refractivity contribution in [1.82, 2.24) is 15.1 Å². The summed E-state index contributed by atoms with van der Waals surface area (Å²) >= 11 is 1.68. The lowest BCUT2D eigenvalue weighted by Crippen LogP contribution is -2.53. The van der Waals surface area contributed by atoms with Crippen molar-refractivity contribution < 1.29 is 14.0 Å². The van der Waals surface area contributed by atoms with Crippen molar-refractivity contribution in [3.8, 4) is 0 Å². The molecule has 26 heavy (non-hydrogen) atoms. The van der Waals surface area contributed by atoms with Crippen LogP contribution in [-0.2, 0) is 0 Å². The minimum atomic E-state index is -0.358. The Morgan fingerprint density at radius 2 is 1.73 bits per heavy atom. The standard InChI is InChI=1S/C19H20FN3O2S/c20-15-3-1-13(2-4-15)18(24)22-6-8-23(9-7-22)19(25)21-17-11-16(17)14-5-10-26-12-14/h1-5,10,12,16-17H,6-9,11H2,(H,21,25)/t16-,17+/m0/s1. The molecule has 2 aliphatic rings. The summed E-state index contributed by atoms with van der Waals surface area (Å²) in [6.07, 6.45) is 0.992. The third kappa shape index (κ3) is 3.58. The monoisotopic (exact) mass is 373 g/mol. The summed E-state index contributed by atoms with van der Waals surface area (Å²) in [4.78, 5) is 28.3. The Kier molecular flexibility index (Phi) is 4.63. The molecule has 0 bridgehead atoms. The van der Waals surface area contributed by atoms with E-state index in [0.717, 1.165) is 6.42 Å². The van der Waals surface area contributed by atoms with Gasteiger partial charge in [0.05, 0.1) is 0 Å². The summed E-state index contributed by atoms with van der Waals surface area (Å²) in [6, 6.07) is 7.84. The maximum atomic E-state index is 13.0. The molecule has 0 spiro atoms. The maximum Gasteiger partial charge on any atom is 0.317 e. The second-order valence-electron chi connectivity index (χ2n) is 6.74. The fourth-order valence-corrected chi connectivity index (χ4v) is 4.07. The number of nitrogens with one attached hydrogen (secondary N) is 1. The minimum absolute atomic E-state index is 0.0541. The van der Waals surface area contributed by atoms with Crippen molar-refractivity contribution in [2.24, 2.45) is 0 Å². The molecule has 0 unspecified atom stereocenters. The first-order valence-corrected chi connectivity index (χ1v) is 9.68. The molecule has 1 saturated heterocycles. The Balaban J connectivity index is 1.26. The van der Waals surface area contributed by atoms with Gasteiger partial charge in [-0.05, 0) is 53.1 Å². The summed E-state index contributed by atoms with van der Waals surface area (Å²) in [5.41, 5.74) is 1.77. The summed E-state index contributed by atoms with van der Waals surface area (Å²) < 4.78 is 13.0. The van der Waals surface area contributed by atoms with Crippen LogP contribution in [0.5, 0.6) is 0 Å². The number of carbonyl (C=O) groups is 2. The van der Waals surface area contributed by atoms with E-state index in [1.165, 1.54) is 29.8 Å². The highest BCUT2D eigenvalue weighted by Crippen LogP contribution is 2.41. The molecule has 5 nitrogen and oxygen atoms in total. The smallest absolute Gasteiger partial charge is 0.317 e. The highest BCUT2D eigenvalue weighted by molar-refractivity contribution is 7.08. The number of urea groups is 1. The van der Waals surface area contributed by atoms with Crippen molar-refractivity contribution in [2.45, 2.75) is 18.4 Å². The summed E-state index contributed by atoms with van der Waals surface area (Å²) in [5, 5.41) is 7.29. The Bertz CT molecular complexity index is 786. The summed E-state index contributed by atoms with van der Waals surface area (Å²) in [7, 11) is 0. The predicted molar refractivity (Wildman–Crippen MR) is 97.9 cm³/mol. The zero-order valence-corrected chi connectivity index (χ0v) is 15.0. The van der Waals surface area contributed by atoms with Crippen LogP contribution >= 0.6 is 11.3 Å². The normalized spacial score (nSPS) is 22.2. The quantitative estimate of drug-likeness (QED) is 0.899. The van der Waals surface area contributed by atoms with Gasteiger partial charge in [-0.25, -0.2) is 9.18 Å². The van der Waals surface area contributed by atoms with Gasteiger partial charge in [-0.1, -0.05) is 0 Å². The molecule has 136 valence electrons. The van der Waals surface area contributed by atoms with Gasteiger partial charge in [-0.15, -0.1) is 0 Å². The minimum Gasteiger partial charge on any atom is -0.335 e. The van der Waals surface area contributed by atoms with Gasteiger partial charge >= 0.3 is 6.03 Å². The first kappa shape index (κ1) is 17.0. The van der Waals surface area contributed by atoms with Crippen LogP contribution in [0, 0.1) is 5.82 Å². The number of hydrogen-bond donors (Lipinski definition) is 1. The third-order valence-corrected chi connectivity index (χ3v) is 5.72. The number of piperazine rings is 1. The van der Waals surface area contributed by atoms with Crippen LogP contribution in [0.15, 0.2) is 41.1 Å². The number of benzene rings is 1. The van der Waals surface area contributed by atoms with E-state index in [1.807, 2.05) is 0 Å². The van der Waals surface area contributed by atoms with E-state index >= 15 is 0 Å². The molecular weight excluding hydrogens is 353 g/mol. The first-order chi connectivity index (χ1) is 12.6. The molecule has 1 aliphatic heterocycles. The van der Waals surface area contributed by atoms with Gasteiger partial charge < -0.3 is 15.1 Å². The maximum absolute atomic E-state index is 13.0. The molecule has 2 heterocycles. The average molecular weight is 373 g/mol. The second kappa shape index (κ2) is 7.07. The topological polar surface area (TPSA) is 52.7 Å². The van der Waals surface area contributed by atoms with Crippen molar-refractivity contribution >= 4 is 23.3 Å². The van der Waals surface area contributed by atoms with Crippen LogP contribution in [0.1, 0.15) is 28.3 Å². The molecule has 1 aromatic carbocycles. The van der Waals surface area contributed by atoms with E-state index < -0.39 is 0 Å². The van der Waals surface area contributed by atoms with Crippen LogP contribution < -0.4 is 5.32 Å². The highest BCUT2D eigenvalue weighted by Gasteiger charge is 2.40. The molecule has 1 N–H and O–H groups in total. The van der Waals surface area contributed by atoms with Crippen molar-refractivity contribution in [1.29, 1.82) is 0 Å². The Hall–Kier alpha value is -2.41. The van der Waals surface area contributed by atoms with E-state index in [2.05, 4.69) is 22.1 Å².